The Morgan fingerprint density at radius 2 is 1.82 bits per heavy atom. The van der Waals surface area contributed by atoms with E-state index in [1.165, 1.54) is 0 Å². The summed E-state index contributed by atoms with van der Waals surface area (Å²) in [5, 5.41) is 2.38. The Morgan fingerprint density at radius 3 is 2.47 bits per heavy atom. The first-order chi connectivity index (χ1) is 8.09. The largest absolute Gasteiger partial charge is 0.314 e. The number of benzene rings is 1. The summed E-state index contributed by atoms with van der Waals surface area (Å²) in [5.41, 5.74) is 0.0933. The lowest BCUT2D eigenvalue weighted by atomic mass is 10.1. The van der Waals surface area contributed by atoms with Crippen molar-refractivity contribution >= 4 is 11.6 Å². The highest BCUT2D eigenvalue weighted by Crippen LogP contribution is 2.25. The van der Waals surface area contributed by atoms with Crippen molar-refractivity contribution in [1.29, 1.82) is 0 Å². The van der Waals surface area contributed by atoms with Crippen LogP contribution in [0.2, 0.25) is 5.02 Å². The Balaban J connectivity index is 2.20. The van der Waals surface area contributed by atoms with Gasteiger partial charge in [0.05, 0.1) is 0 Å². The second-order valence-corrected chi connectivity index (χ2v) is 4.36. The second-order valence-electron chi connectivity index (χ2n) is 3.99. The summed E-state index contributed by atoms with van der Waals surface area (Å²) >= 11 is 5.38. The molecule has 2 nitrogen and oxygen atoms in total. The number of nitrogens with one attached hydrogen (secondary N) is 1. The van der Waals surface area contributed by atoms with E-state index in [0.717, 1.165) is 32.2 Å². The van der Waals surface area contributed by atoms with Crippen molar-refractivity contribution < 1.29 is 13.2 Å². The Kier molecular flexibility index (Phi) is 3.91. The van der Waals surface area contributed by atoms with Crippen LogP contribution in [-0.2, 0) is 6.54 Å². The molecule has 1 aliphatic heterocycles. The van der Waals surface area contributed by atoms with E-state index in [1.54, 1.807) is 0 Å². The topological polar surface area (TPSA) is 15.3 Å². The molecule has 0 radical (unpaired) electrons. The average Bonchev–Trinajstić information content (AvgIpc) is 2.35. The molecule has 1 fully saturated rings. The van der Waals surface area contributed by atoms with Crippen LogP contribution in [0, 0.1) is 17.5 Å². The van der Waals surface area contributed by atoms with Gasteiger partial charge in [-0.2, -0.15) is 0 Å². The number of piperazine rings is 1. The molecule has 0 amide bonds. The molecule has 1 aromatic rings. The van der Waals surface area contributed by atoms with E-state index in [2.05, 4.69) is 5.32 Å². The molecule has 1 heterocycles. The van der Waals surface area contributed by atoms with Gasteiger partial charge in [-0.25, -0.2) is 13.2 Å². The van der Waals surface area contributed by atoms with Crippen LogP contribution in [0.1, 0.15) is 5.56 Å². The van der Waals surface area contributed by atoms with Gasteiger partial charge in [0, 0.05) is 38.3 Å². The van der Waals surface area contributed by atoms with Crippen LogP contribution in [0.25, 0.3) is 0 Å². The average molecular weight is 265 g/mol. The zero-order chi connectivity index (χ0) is 12.4. The highest BCUT2D eigenvalue weighted by atomic mass is 35.5. The molecule has 0 unspecified atom stereocenters. The van der Waals surface area contributed by atoms with Crippen LogP contribution in [0.4, 0.5) is 13.2 Å². The van der Waals surface area contributed by atoms with Crippen LogP contribution in [0.3, 0.4) is 0 Å². The molecule has 94 valence electrons. The van der Waals surface area contributed by atoms with Gasteiger partial charge in [-0.15, -0.1) is 0 Å². The molecular weight excluding hydrogens is 253 g/mol. The molecule has 2 rings (SSSR count). The quantitative estimate of drug-likeness (QED) is 0.651. The van der Waals surface area contributed by atoms with Crippen molar-refractivity contribution in [2.24, 2.45) is 0 Å². The molecule has 17 heavy (non-hydrogen) atoms. The number of rotatable bonds is 2. The summed E-state index contributed by atoms with van der Waals surface area (Å²) in [5.74, 6) is -3.31. The fourth-order valence-corrected chi connectivity index (χ4v) is 2.06. The van der Waals surface area contributed by atoms with Gasteiger partial charge in [0.25, 0.3) is 0 Å². The van der Waals surface area contributed by atoms with Crippen molar-refractivity contribution in [3.8, 4) is 0 Å². The molecule has 0 bridgehead atoms. The maximum Gasteiger partial charge on any atom is 0.180 e. The molecule has 0 spiro atoms. The fourth-order valence-electron chi connectivity index (χ4n) is 1.85. The third-order valence-electron chi connectivity index (χ3n) is 2.78. The van der Waals surface area contributed by atoms with Crippen LogP contribution in [0.15, 0.2) is 6.07 Å². The van der Waals surface area contributed by atoms with Gasteiger partial charge in [-0.1, -0.05) is 11.6 Å². The predicted molar refractivity (Wildman–Crippen MR) is 59.5 cm³/mol. The van der Waals surface area contributed by atoms with E-state index in [4.69, 9.17) is 11.6 Å². The molecule has 6 heteroatoms. The van der Waals surface area contributed by atoms with Gasteiger partial charge < -0.3 is 5.32 Å². The lowest BCUT2D eigenvalue weighted by Crippen LogP contribution is -2.43. The zero-order valence-electron chi connectivity index (χ0n) is 9.07. The molecule has 1 aromatic carbocycles. The minimum atomic E-state index is -1.33. The van der Waals surface area contributed by atoms with E-state index in [9.17, 15) is 13.2 Å². The lowest BCUT2D eigenvalue weighted by molar-refractivity contribution is 0.230. The molecule has 1 N–H and O–H groups in total. The third-order valence-corrected chi connectivity index (χ3v) is 3.11. The summed E-state index contributed by atoms with van der Waals surface area (Å²) in [7, 11) is 0. The molecule has 0 saturated carbocycles. The first-order valence-electron chi connectivity index (χ1n) is 5.34. The highest BCUT2D eigenvalue weighted by molar-refractivity contribution is 6.31. The van der Waals surface area contributed by atoms with Crippen molar-refractivity contribution in [3.63, 3.8) is 0 Å². The van der Waals surface area contributed by atoms with Crippen LogP contribution in [-0.4, -0.2) is 31.1 Å². The predicted octanol–water partition coefficient (Wildman–Crippen LogP) is 2.16. The Hall–Kier alpha value is -0.780. The number of halogens is 4. The van der Waals surface area contributed by atoms with Crippen LogP contribution < -0.4 is 5.32 Å². The summed E-state index contributed by atoms with van der Waals surface area (Å²) in [6, 6.07) is 0.874. The summed E-state index contributed by atoms with van der Waals surface area (Å²) in [4.78, 5) is 1.96. The van der Waals surface area contributed by atoms with Gasteiger partial charge in [0.1, 0.15) is 10.8 Å². The van der Waals surface area contributed by atoms with Crippen molar-refractivity contribution in [1.82, 2.24) is 10.2 Å². The third kappa shape index (κ3) is 2.73. The van der Waals surface area contributed by atoms with E-state index >= 15 is 0 Å². The van der Waals surface area contributed by atoms with Crippen molar-refractivity contribution in [2.45, 2.75) is 6.54 Å². The summed E-state index contributed by atoms with van der Waals surface area (Å²) in [6.07, 6.45) is 0. The summed E-state index contributed by atoms with van der Waals surface area (Å²) < 4.78 is 39.7. The van der Waals surface area contributed by atoms with Gasteiger partial charge in [-0.05, 0) is 6.07 Å². The number of nitrogens with zero attached hydrogens (tertiary/aromatic N) is 1. The van der Waals surface area contributed by atoms with Crippen LogP contribution in [0.5, 0.6) is 0 Å². The Morgan fingerprint density at radius 1 is 1.18 bits per heavy atom. The molecule has 0 aliphatic carbocycles. The highest BCUT2D eigenvalue weighted by Gasteiger charge is 2.19. The molecule has 0 atom stereocenters. The SMILES string of the molecule is Fc1cc(CN2CCNCC2)c(F)c(Cl)c1F. The smallest absolute Gasteiger partial charge is 0.180 e. The number of hydrogen-bond donors (Lipinski definition) is 1. The minimum Gasteiger partial charge on any atom is -0.314 e. The monoisotopic (exact) mass is 264 g/mol. The zero-order valence-corrected chi connectivity index (χ0v) is 9.83. The van der Waals surface area contributed by atoms with Gasteiger partial charge in [-0.3, -0.25) is 4.90 Å². The molecule has 1 saturated heterocycles. The first-order valence-corrected chi connectivity index (χ1v) is 5.72. The van der Waals surface area contributed by atoms with E-state index in [1.807, 2.05) is 4.90 Å². The Bertz CT molecular complexity index is 420. The van der Waals surface area contributed by atoms with E-state index in [-0.39, 0.29) is 12.1 Å². The normalized spacial score (nSPS) is 17.4. The fraction of sp³-hybridized carbons (Fsp3) is 0.455. The van der Waals surface area contributed by atoms with Crippen molar-refractivity contribution in [3.05, 3.63) is 34.1 Å². The lowest BCUT2D eigenvalue weighted by Gasteiger charge is -2.27. The maximum atomic E-state index is 13.6. The molecule has 0 aromatic heterocycles. The minimum absolute atomic E-state index is 0.0933. The number of hydrogen-bond acceptors (Lipinski definition) is 2. The van der Waals surface area contributed by atoms with Gasteiger partial charge >= 0.3 is 0 Å². The Labute approximate surface area is 102 Å². The molecular formula is C11H12ClF3N2. The first kappa shape index (κ1) is 12.7. The van der Waals surface area contributed by atoms with Gasteiger partial charge in [0.15, 0.2) is 11.6 Å². The molecule has 1 aliphatic rings. The van der Waals surface area contributed by atoms with Crippen molar-refractivity contribution in [2.75, 3.05) is 26.2 Å². The maximum absolute atomic E-state index is 13.6. The van der Waals surface area contributed by atoms with E-state index in [0.29, 0.717) is 0 Å². The summed E-state index contributed by atoms with van der Waals surface area (Å²) in [6.45, 7) is 3.34. The van der Waals surface area contributed by atoms with Crippen LogP contribution >= 0.6 is 11.6 Å². The van der Waals surface area contributed by atoms with E-state index < -0.39 is 22.5 Å². The second kappa shape index (κ2) is 5.25. The van der Waals surface area contributed by atoms with Gasteiger partial charge in [0.2, 0.25) is 0 Å². The standard InChI is InChI=1S/C11H12ClF3N2/c12-9-10(14)7(5-8(13)11(9)15)6-17-3-1-16-2-4-17/h5,16H,1-4,6H2.